The van der Waals surface area contributed by atoms with Crippen LogP contribution in [0.1, 0.15) is 5.56 Å². The van der Waals surface area contributed by atoms with Crippen molar-refractivity contribution in [3.8, 4) is 28.6 Å². The summed E-state index contributed by atoms with van der Waals surface area (Å²) in [6.45, 7) is 0. The number of nitrogens with one attached hydrogen (secondary N) is 1. The zero-order valence-corrected chi connectivity index (χ0v) is 21.7. The summed E-state index contributed by atoms with van der Waals surface area (Å²) in [5, 5.41) is 13.6. The van der Waals surface area contributed by atoms with Gasteiger partial charge in [0.15, 0.2) is 11.0 Å². The van der Waals surface area contributed by atoms with Gasteiger partial charge in [-0.2, -0.15) is 5.10 Å². The van der Waals surface area contributed by atoms with E-state index in [-0.39, 0.29) is 11.7 Å². The third-order valence-corrected chi connectivity index (χ3v) is 6.26. The van der Waals surface area contributed by atoms with Gasteiger partial charge in [0.1, 0.15) is 11.5 Å². The van der Waals surface area contributed by atoms with Gasteiger partial charge in [-0.1, -0.05) is 53.7 Å². The maximum absolute atomic E-state index is 12.4. The van der Waals surface area contributed by atoms with E-state index in [0.29, 0.717) is 16.0 Å². The minimum absolute atomic E-state index is 0.0776. The number of carbonyl (C=O) groups is 1. The monoisotopic (exact) mass is 533 g/mol. The summed E-state index contributed by atoms with van der Waals surface area (Å²) in [7, 11) is 3.23. The van der Waals surface area contributed by atoms with E-state index in [1.54, 1.807) is 20.3 Å². The van der Waals surface area contributed by atoms with Crippen molar-refractivity contribution in [2.45, 2.75) is 5.16 Å². The number of amides is 1. The molecule has 0 saturated heterocycles. The first kappa shape index (κ1) is 26.0. The normalized spacial score (nSPS) is 11.5. The van der Waals surface area contributed by atoms with Gasteiger partial charge in [-0.3, -0.25) is 9.36 Å². The Labute approximate surface area is 224 Å². The fourth-order valence-electron chi connectivity index (χ4n) is 3.33. The Hall–Kier alpha value is -4.08. The molecule has 0 fully saturated rings. The molecule has 3 aromatic carbocycles. The van der Waals surface area contributed by atoms with E-state index in [2.05, 4.69) is 20.7 Å². The number of hydrazone groups is 1. The smallest absolute Gasteiger partial charge is 0.250 e. The van der Waals surface area contributed by atoms with E-state index in [1.807, 2.05) is 83.4 Å². The predicted molar refractivity (Wildman–Crippen MR) is 148 cm³/mol. The van der Waals surface area contributed by atoms with E-state index in [4.69, 9.17) is 21.1 Å². The van der Waals surface area contributed by atoms with Gasteiger partial charge in [0.25, 0.3) is 5.91 Å². The van der Waals surface area contributed by atoms with Crippen LogP contribution in [0.15, 0.2) is 94.2 Å². The first-order chi connectivity index (χ1) is 18.1. The van der Waals surface area contributed by atoms with Gasteiger partial charge < -0.3 is 9.47 Å². The van der Waals surface area contributed by atoms with Crippen LogP contribution in [-0.2, 0) is 4.79 Å². The first-order valence-corrected chi connectivity index (χ1v) is 12.5. The number of ether oxygens (including phenoxy) is 2. The predicted octanol–water partition coefficient (Wildman–Crippen LogP) is 5.43. The lowest BCUT2D eigenvalue weighted by Gasteiger charge is -2.11. The van der Waals surface area contributed by atoms with E-state index in [0.717, 1.165) is 28.3 Å². The Morgan fingerprint density at radius 3 is 2.27 bits per heavy atom. The molecular weight excluding hydrogens is 510 g/mol. The Morgan fingerprint density at radius 2 is 1.62 bits per heavy atom. The number of thioether (sulfide) groups is 1. The molecule has 0 radical (unpaired) electrons. The summed E-state index contributed by atoms with van der Waals surface area (Å²) in [5.74, 6) is 1.88. The van der Waals surface area contributed by atoms with Crippen LogP contribution in [0.25, 0.3) is 23.2 Å². The van der Waals surface area contributed by atoms with Gasteiger partial charge in [-0.25, -0.2) is 5.43 Å². The zero-order chi connectivity index (χ0) is 26.0. The molecule has 1 N–H and O–H groups in total. The molecule has 0 aliphatic carbocycles. The first-order valence-electron chi connectivity index (χ1n) is 11.2. The maximum Gasteiger partial charge on any atom is 0.250 e. The molecule has 0 unspecified atom stereocenters. The number of halogens is 1. The van der Waals surface area contributed by atoms with E-state index in [1.165, 1.54) is 18.0 Å². The molecule has 1 amide bonds. The van der Waals surface area contributed by atoms with Crippen LogP contribution in [0.4, 0.5) is 0 Å². The summed E-state index contributed by atoms with van der Waals surface area (Å²) >= 11 is 7.42. The lowest BCUT2D eigenvalue weighted by Crippen LogP contribution is -2.19. The molecule has 0 spiro atoms. The number of nitrogens with zero attached hydrogens (tertiary/aromatic N) is 4. The van der Waals surface area contributed by atoms with Crippen molar-refractivity contribution in [2.75, 3.05) is 20.0 Å². The van der Waals surface area contributed by atoms with Crippen molar-refractivity contribution in [1.82, 2.24) is 20.2 Å². The highest BCUT2D eigenvalue weighted by molar-refractivity contribution is 7.99. The molecule has 4 aromatic rings. The minimum Gasteiger partial charge on any atom is -0.497 e. The molecule has 10 heteroatoms. The van der Waals surface area contributed by atoms with Crippen molar-refractivity contribution in [2.24, 2.45) is 5.10 Å². The summed E-state index contributed by atoms with van der Waals surface area (Å²) < 4.78 is 12.4. The highest BCUT2D eigenvalue weighted by atomic mass is 35.5. The molecule has 0 saturated carbocycles. The van der Waals surface area contributed by atoms with Gasteiger partial charge in [-0.05, 0) is 60.2 Å². The van der Waals surface area contributed by atoms with Crippen LogP contribution in [0.3, 0.4) is 0 Å². The molecule has 1 heterocycles. The van der Waals surface area contributed by atoms with Crippen molar-refractivity contribution < 1.29 is 14.3 Å². The molecule has 0 atom stereocenters. The number of methoxy groups -OCH3 is 2. The summed E-state index contributed by atoms with van der Waals surface area (Å²) in [5.41, 5.74) is 5.11. The second kappa shape index (κ2) is 12.8. The summed E-state index contributed by atoms with van der Waals surface area (Å²) in [6, 6.07) is 24.7. The van der Waals surface area contributed by atoms with Gasteiger partial charge in [-0.15, -0.1) is 10.2 Å². The average Bonchev–Trinajstić information content (AvgIpc) is 3.36. The SMILES string of the molecule is COc1ccc(-c2nnc(SCC(=O)NN=CC(Cl)=Cc3ccccc3)n2-c2ccc(OC)cc2)cc1. The van der Waals surface area contributed by atoms with Gasteiger partial charge in [0.05, 0.1) is 31.2 Å². The molecule has 1 aromatic heterocycles. The standard InChI is InChI=1S/C27H24ClN5O3S/c1-35-23-12-8-20(9-13-23)26-31-32-27(33(26)22-10-14-24(36-2)15-11-22)37-18-25(34)30-29-17-21(28)16-19-6-4-3-5-7-19/h3-17H,18H2,1-2H3,(H,30,34). The maximum atomic E-state index is 12.4. The van der Waals surface area contributed by atoms with Crippen molar-refractivity contribution in [1.29, 1.82) is 0 Å². The highest BCUT2D eigenvalue weighted by Gasteiger charge is 2.17. The van der Waals surface area contributed by atoms with Gasteiger partial charge in [0, 0.05) is 11.3 Å². The molecule has 0 bridgehead atoms. The number of aromatic nitrogens is 3. The number of hydrogen-bond acceptors (Lipinski definition) is 7. The van der Waals surface area contributed by atoms with Crippen LogP contribution in [0, 0.1) is 0 Å². The summed E-state index contributed by atoms with van der Waals surface area (Å²) in [4.78, 5) is 12.4. The van der Waals surface area contributed by atoms with Crippen LogP contribution >= 0.6 is 23.4 Å². The van der Waals surface area contributed by atoms with Gasteiger partial charge in [0.2, 0.25) is 0 Å². The van der Waals surface area contributed by atoms with E-state index >= 15 is 0 Å². The summed E-state index contributed by atoms with van der Waals surface area (Å²) in [6.07, 6.45) is 3.14. The number of benzene rings is 3. The Bertz CT molecular complexity index is 1390. The van der Waals surface area contributed by atoms with Crippen molar-refractivity contribution in [3.63, 3.8) is 0 Å². The molecule has 0 aliphatic heterocycles. The second-order valence-electron chi connectivity index (χ2n) is 7.59. The number of hydrogen-bond donors (Lipinski definition) is 1. The second-order valence-corrected chi connectivity index (χ2v) is 8.97. The number of allylic oxidation sites excluding steroid dienone is 1. The van der Waals surface area contributed by atoms with Gasteiger partial charge >= 0.3 is 0 Å². The number of carbonyl (C=O) groups excluding carboxylic acids is 1. The lowest BCUT2D eigenvalue weighted by molar-refractivity contribution is -0.118. The van der Waals surface area contributed by atoms with Crippen molar-refractivity contribution in [3.05, 3.63) is 89.5 Å². The van der Waals surface area contributed by atoms with E-state index < -0.39 is 0 Å². The topological polar surface area (TPSA) is 90.6 Å². The minimum atomic E-state index is -0.305. The number of rotatable bonds is 10. The highest BCUT2D eigenvalue weighted by Crippen LogP contribution is 2.29. The average molecular weight is 534 g/mol. The third-order valence-electron chi connectivity index (χ3n) is 5.13. The largest absolute Gasteiger partial charge is 0.497 e. The molecule has 188 valence electrons. The zero-order valence-electron chi connectivity index (χ0n) is 20.2. The van der Waals surface area contributed by atoms with Crippen LogP contribution in [0.2, 0.25) is 0 Å². The van der Waals surface area contributed by atoms with Crippen LogP contribution in [0.5, 0.6) is 11.5 Å². The molecule has 0 aliphatic rings. The molecular formula is C27H24ClN5O3S. The fraction of sp³-hybridized carbons (Fsp3) is 0.111. The van der Waals surface area contributed by atoms with E-state index in [9.17, 15) is 4.79 Å². The molecule has 4 rings (SSSR count). The fourth-order valence-corrected chi connectivity index (χ4v) is 4.25. The lowest BCUT2D eigenvalue weighted by atomic mass is 10.2. The Kier molecular flexibility index (Phi) is 8.96. The molecule has 37 heavy (non-hydrogen) atoms. The third kappa shape index (κ3) is 6.99. The quantitative estimate of drug-likeness (QED) is 0.166. The van der Waals surface area contributed by atoms with Crippen LogP contribution < -0.4 is 14.9 Å². The molecule has 8 nitrogen and oxygen atoms in total. The van der Waals surface area contributed by atoms with Crippen molar-refractivity contribution >= 4 is 41.6 Å². The van der Waals surface area contributed by atoms with Crippen LogP contribution in [-0.4, -0.2) is 46.9 Å². The Balaban J connectivity index is 1.48. The Morgan fingerprint density at radius 1 is 0.973 bits per heavy atom.